The van der Waals surface area contributed by atoms with Crippen molar-refractivity contribution in [2.45, 2.75) is 45.4 Å². The Balaban J connectivity index is 1.55. The van der Waals surface area contributed by atoms with Gasteiger partial charge in [-0.2, -0.15) is 0 Å². The predicted molar refractivity (Wildman–Crippen MR) is 86.2 cm³/mol. The normalized spacial score (nSPS) is 15.2. The van der Waals surface area contributed by atoms with Gasteiger partial charge < -0.3 is 5.32 Å². The minimum atomic E-state index is 0.785. The van der Waals surface area contributed by atoms with Gasteiger partial charge in [0, 0.05) is 40.8 Å². The lowest BCUT2D eigenvalue weighted by Gasteiger charge is -2.14. The first kappa shape index (κ1) is 14.2. The van der Waals surface area contributed by atoms with Gasteiger partial charge in [0.05, 0.1) is 11.2 Å². The standard InChI is InChI=1S/C15H21N3S2/c1-11-12(5-15(20-11)6-16-13-3-4-13)7-18(2)8-14-9-19-10-17-14/h5,9-10,13,16H,3-4,6-8H2,1-2H3. The third kappa shape index (κ3) is 3.88. The third-order valence-corrected chi connectivity index (χ3v) is 5.30. The third-order valence-electron chi connectivity index (χ3n) is 3.57. The molecule has 20 heavy (non-hydrogen) atoms. The molecule has 1 saturated carbocycles. The molecule has 1 aliphatic rings. The number of nitrogens with one attached hydrogen (secondary N) is 1. The molecule has 0 bridgehead atoms. The molecule has 2 heterocycles. The van der Waals surface area contributed by atoms with Crippen LogP contribution in [0.4, 0.5) is 0 Å². The van der Waals surface area contributed by atoms with Gasteiger partial charge in [-0.05, 0) is 38.4 Å². The second kappa shape index (κ2) is 6.35. The van der Waals surface area contributed by atoms with Crippen LogP contribution in [0, 0.1) is 6.92 Å². The molecule has 5 heteroatoms. The number of nitrogens with zero attached hydrogens (tertiary/aromatic N) is 2. The van der Waals surface area contributed by atoms with Crippen LogP contribution in [0.1, 0.15) is 33.9 Å². The summed E-state index contributed by atoms with van der Waals surface area (Å²) in [6, 6.07) is 3.15. The Kier molecular flexibility index (Phi) is 4.51. The lowest BCUT2D eigenvalue weighted by molar-refractivity contribution is 0.315. The predicted octanol–water partition coefficient (Wildman–Crippen LogP) is 3.40. The number of thiazole rings is 1. The van der Waals surface area contributed by atoms with E-state index in [1.807, 2.05) is 16.8 Å². The van der Waals surface area contributed by atoms with Crippen LogP contribution in [0.15, 0.2) is 17.0 Å². The highest BCUT2D eigenvalue weighted by Gasteiger charge is 2.20. The van der Waals surface area contributed by atoms with E-state index in [9.17, 15) is 0 Å². The number of hydrogen-bond acceptors (Lipinski definition) is 5. The van der Waals surface area contributed by atoms with Crippen LogP contribution < -0.4 is 5.32 Å². The zero-order valence-electron chi connectivity index (χ0n) is 12.1. The van der Waals surface area contributed by atoms with Crippen molar-refractivity contribution in [3.05, 3.63) is 38.0 Å². The van der Waals surface area contributed by atoms with Gasteiger partial charge in [-0.3, -0.25) is 4.90 Å². The van der Waals surface area contributed by atoms with Crippen molar-refractivity contribution in [3.63, 3.8) is 0 Å². The number of aromatic nitrogens is 1. The van der Waals surface area contributed by atoms with Crippen molar-refractivity contribution in [1.82, 2.24) is 15.2 Å². The molecule has 0 aromatic carbocycles. The van der Waals surface area contributed by atoms with Crippen LogP contribution in [0.2, 0.25) is 0 Å². The quantitative estimate of drug-likeness (QED) is 0.850. The minimum absolute atomic E-state index is 0.785. The summed E-state index contributed by atoms with van der Waals surface area (Å²) in [6.07, 6.45) is 2.71. The lowest BCUT2D eigenvalue weighted by Crippen LogP contribution is -2.17. The van der Waals surface area contributed by atoms with E-state index in [1.54, 1.807) is 11.3 Å². The fraction of sp³-hybridized carbons (Fsp3) is 0.533. The summed E-state index contributed by atoms with van der Waals surface area (Å²) < 4.78 is 0. The molecule has 1 aliphatic carbocycles. The van der Waals surface area contributed by atoms with Gasteiger partial charge >= 0.3 is 0 Å². The van der Waals surface area contributed by atoms with E-state index in [1.165, 1.54) is 33.9 Å². The Morgan fingerprint density at radius 1 is 1.40 bits per heavy atom. The summed E-state index contributed by atoms with van der Waals surface area (Å²) in [7, 11) is 2.17. The maximum Gasteiger partial charge on any atom is 0.0795 e. The van der Waals surface area contributed by atoms with Crippen molar-refractivity contribution in [2.24, 2.45) is 0 Å². The van der Waals surface area contributed by atoms with Crippen molar-refractivity contribution in [2.75, 3.05) is 7.05 Å². The monoisotopic (exact) mass is 307 g/mol. The molecule has 1 N–H and O–H groups in total. The average molecular weight is 307 g/mol. The van der Waals surface area contributed by atoms with Gasteiger partial charge in [0.1, 0.15) is 0 Å². The van der Waals surface area contributed by atoms with Crippen molar-refractivity contribution in [3.8, 4) is 0 Å². The van der Waals surface area contributed by atoms with Crippen LogP contribution in [0.5, 0.6) is 0 Å². The highest BCUT2D eigenvalue weighted by molar-refractivity contribution is 7.12. The Labute approximate surface area is 128 Å². The molecule has 3 nitrogen and oxygen atoms in total. The van der Waals surface area contributed by atoms with Gasteiger partial charge in [-0.1, -0.05) is 0 Å². The topological polar surface area (TPSA) is 28.2 Å². The molecule has 0 saturated heterocycles. The summed E-state index contributed by atoms with van der Waals surface area (Å²) in [5, 5.41) is 5.72. The molecule has 0 unspecified atom stereocenters. The highest BCUT2D eigenvalue weighted by atomic mass is 32.1. The smallest absolute Gasteiger partial charge is 0.0795 e. The zero-order valence-corrected chi connectivity index (χ0v) is 13.7. The van der Waals surface area contributed by atoms with Crippen LogP contribution in [-0.4, -0.2) is 23.0 Å². The van der Waals surface area contributed by atoms with E-state index in [2.05, 4.69) is 40.6 Å². The van der Waals surface area contributed by atoms with E-state index in [0.717, 1.165) is 25.7 Å². The maximum atomic E-state index is 4.35. The summed E-state index contributed by atoms with van der Waals surface area (Å²) in [5.74, 6) is 0. The summed E-state index contributed by atoms with van der Waals surface area (Å²) >= 11 is 3.60. The van der Waals surface area contributed by atoms with E-state index in [4.69, 9.17) is 0 Å². The van der Waals surface area contributed by atoms with E-state index >= 15 is 0 Å². The minimum Gasteiger partial charge on any atom is -0.309 e. The molecular weight excluding hydrogens is 286 g/mol. The van der Waals surface area contributed by atoms with Gasteiger partial charge in [0.25, 0.3) is 0 Å². The number of thiophene rings is 1. The molecule has 0 spiro atoms. The first-order valence-corrected chi connectivity index (χ1v) is 8.84. The summed E-state index contributed by atoms with van der Waals surface area (Å²) in [5.41, 5.74) is 4.53. The van der Waals surface area contributed by atoms with E-state index < -0.39 is 0 Å². The molecule has 0 amide bonds. The fourth-order valence-electron chi connectivity index (χ4n) is 2.30. The first-order valence-electron chi connectivity index (χ1n) is 7.08. The van der Waals surface area contributed by atoms with Crippen LogP contribution in [-0.2, 0) is 19.6 Å². The molecular formula is C15H21N3S2. The van der Waals surface area contributed by atoms with Crippen molar-refractivity contribution in [1.29, 1.82) is 0 Å². The maximum absolute atomic E-state index is 4.35. The van der Waals surface area contributed by atoms with Crippen LogP contribution in [0.3, 0.4) is 0 Å². The van der Waals surface area contributed by atoms with Gasteiger partial charge in [-0.15, -0.1) is 22.7 Å². The molecule has 2 aromatic rings. The molecule has 1 fully saturated rings. The van der Waals surface area contributed by atoms with Gasteiger partial charge in [0.15, 0.2) is 0 Å². The largest absolute Gasteiger partial charge is 0.309 e. The van der Waals surface area contributed by atoms with Gasteiger partial charge in [0.2, 0.25) is 0 Å². The molecule has 2 aromatic heterocycles. The van der Waals surface area contributed by atoms with Crippen molar-refractivity contribution < 1.29 is 0 Å². The average Bonchev–Trinajstić information content (AvgIpc) is 2.99. The highest BCUT2D eigenvalue weighted by Crippen LogP contribution is 2.25. The SMILES string of the molecule is Cc1sc(CNC2CC2)cc1CN(C)Cc1cscn1. The number of rotatable bonds is 7. The Morgan fingerprint density at radius 3 is 2.95 bits per heavy atom. The second-order valence-corrected chi connectivity index (χ2v) is 7.66. The fourth-order valence-corrected chi connectivity index (χ4v) is 3.86. The molecule has 3 rings (SSSR count). The second-order valence-electron chi connectivity index (χ2n) is 5.60. The van der Waals surface area contributed by atoms with E-state index in [0.29, 0.717) is 0 Å². The lowest BCUT2D eigenvalue weighted by atomic mass is 10.2. The van der Waals surface area contributed by atoms with Crippen LogP contribution in [0.25, 0.3) is 0 Å². The van der Waals surface area contributed by atoms with E-state index in [-0.39, 0.29) is 0 Å². The Bertz CT molecular complexity index is 543. The molecule has 0 radical (unpaired) electrons. The zero-order chi connectivity index (χ0) is 13.9. The molecule has 0 aliphatic heterocycles. The summed E-state index contributed by atoms with van der Waals surface area (Å²) in [6.45, 7) is 5.20. The van der Waals surface area contributed by atoms with Gasteiger partial charge in [-0.25, -0.2) is 4.98 Å². The Morgan fingerprint density at radius 2 is 2.25 bits per heavy atom. The summed E-state index contributed by atoms with van der Waals surface area (Å²) in [4.78, 5) is 9.60. The van der Waals surface area contributed by atoms with Crippen LogP contribution >= 0.6 is 22.7 Å². The Hall–Kier alpha value is -0.750. The molecule has 108 valence electrons. The van der Waals surface area contributed by atoms with Crippen molar-refractivity contribution >= 4 is 22.7 Å². The number of aryl methyl sites for hydroxylation is 1. The molecule has 0 atom stereocenters. The number of hydrogen-bond donors (Lipinski definition) is 1. The first-order chi connectivity index (χ1) is 9.70.